The predicted molar refractivity (Wildman–Crippen MR) is 268 cm³/mol. The Morgan fingerprint density at radius 1 is 0.393 bits per heavy atom. The molecule has 5 heteroatoms. The molecule has 0 spiro atoms. The number of nitrogens with one attached hydrogen (secondary N) is 1. The van der Waals surface area contributed by atoms with Gasteiger partial charge < -0.3 is 20.6 Å². The van der Waals surface area contributed by atoms with Crippen molar-refractivity contribution in [2.24, 2.45) is 0 Å². The van der Waals surface area contributed by atoms with E-state index in [4.69, 9.17) is 0 Å². The Morgan fingerprint density at radius 2 is 0.656 bits per heavy atom. The highest BCUT2D eigenvalue weighted by molar-refractivity contribution is 5.80. The van der Waals surface area contributed by atoms with Gasteiger partial charge in [0.25, 0.3) is 0 Å². The lowest BCUT2D eigenvalue weighted by Gasteiger charge is -2.21. The van der Waals surface area contributed by atoms with Gasteiger partial charge in [0.2, 0.25) is 5.91 Å². The lowest BCUT2D eigenvalue weighted by molar-refractivity contribution is -0.131. The molecule has 0 aromatic rings. The molecule has 0 fully saturated rings. The first kappa shape index (κ1) is 59.8. The summed E-state index contributed by atoms with van der Waals surface area (Å²) in [5, 5.41) is 33.4. The maximum absolute atomic E-state index is 12.5. The summed E-state index contributed by atoms with van der Waals surface area (Å²) < 4.78 is 0. The van der Waals surface area contributed by atoms with Gasteiger partial charge in [-0.3, -0.25) is 4.79 Å². The van der Waals surface area contributed by atoms with Gasteiger partial charge in [0.05, 0.1) is 18.8 Å². The normalized spacial score (nSPS) is 13.5. The monoisotopic (exact) mass is 860 g/mol. The highest BCUT2D eigenvalue weighted by Gasteiger charge is 2.22. The zero-order valence-corrected chi connectivity index (χ0v) is 41.3. The van der Waals surface area contributed by atoms with Crippen molar-refractivity contribution >= 4 is 5.91 Å². The highest BCUT2D eigenvalue weighted by atomic mass is 16.3. The fourth-order valence-electron chi connectivity index (χ4n) is 8.71. The Labute approximate surface area is 382 Å². The molecule has 362 valence electrons. The molecule has 1 amide bonds. The van der Waals surface area contributed by atoms with E-state index >= 15 is 0 Å². The Balaban J connectivity index is 3.58. The molecule has 0 aromatic carbocycles. The standard InChI is InChI=1S/C56H109NO4/c1-3-5-7-9-11-13-15-17-19-21-23-25-27-29-30-32-34-36-38-40-42-44-46-48-50-54(59)53(52-58)57-56(61)55(60)51-49-47-45-43-41-39-37-35-33-31-28-26-24-22-20-18-16-14-12-10-8-6-4-2/h31,33,48,50,53-55,58-60H,3-30,32,34-47,49,51-52H2,1-2H3,(H,57,61)/b33-31-,50-48+. The SMILES string of the molecule is CCCCCCCCCCCCCC/C=C\CCCCCCCCCC(O)C(=O)NC(CO)C(O)/C=C/CCCCCCCCCCCCCCCCCCCCCCCC. The lowest BCUT2D eigenvalue weighted by Crippen LogP contribution is -2.48. The van der Waals surface area contributed by atoms with E-state index in [0.29, 0.717) is 6.42 Å². The number of aliphatic hydroxyl groups is 3. The van der Waals surface area contributed by atoms with Crippen LogP contribution >= 0.6 is 0 Å². The third kappa shape index (κ3) is 46.6. The van der Waals surface area contributed by atoms with Crippen LogP contribution in [0.4, 0.5) is 0 Å². The van der Waals surface area contributed by atoms with Crippen molar-refractivity contribution in [1.29, 1.82) is 0 Å². The quantitative estimate of drug-likeness (QED) is 0.0362. The minimum atomic E-state index is -1.10. The van der Waals surface area contributed by atoms with E-state index in [1.807, 2.05) is 6.08 Å². The van der Waals surface area contributed by atoms with Crippen LogP contribution in [0, 0.1) is 0 Å². The fourth-order valence-corrected chi connectivity index (χ4v) is 8.71. The molecule has 0 bridgehead atoms. The molecule has 0 aliphatic rings. The summed E-state index contributed by atoms with van der Waals surface area (Å²) in [7, 11) is 0. The van der Waals surface area contributed by atoms with Crippen molar-refractivity contribution in [1.82, 2.24) is 5.32 Å². The number of rotatable bonds is 51. The molecule has 3 atom stereocenters. The third-order valence-electron chi connectivity index (χ3n) is 13.0. The van der Waals surface area contributed by atoms with Crippen LogP contribution < -0.4 is 5.32 Å². The number of amides is 1. The number of aliphatic hydroxyl groups excluding tert-OH is 3. The Bertz CT molecular complexity index is 905. The van der Waals surface area contributed by atoms with Gasteiger partial charge in [-0.15, -0.1) is 0 Å². The molecule has 0 rings (SSSR count). The number of unbranched alkanes of at least 4 members (excludes halogenated alkanes) is 41. The summed E-state index contributed by atoms with van der Waals surface area (Å²) >= 11 is 0. The zero-order chi connectivity index (χ0) is 44.4. The number of carbonyl (C=O) groups is 1. The first-order valence-electron chi connectivity index (χ1n) is 27.7. The molecule has 0 aromatic heterocycles. The van der Waals surface area contributed by atoms with Gasteiger partial charge in [-0.25, -0.2) is 0 Å². The third-order valence-corrected chi connectivity index (χ3v) is 13.0. The summed E-state index contributed by atoms with van der Waals surface area (Å²) in [6.45, 7) is 4.22. The Kier molecular flexibility index (Phi) is 50.5. The van der Waals surface area contributed by atoms with Crippen LogP contribution in [0.25, 0.3) is 0 Å². The van der Waals surface area contributed by atoms with E-state index in [-0.39, 0.29) is 6.61 Å². The molecule has 4 N–H and O–H groups in total. The van der Waals surface area contributed by atoms with Crippen LogP contribution in [0.2, 0.25) is 0 Å². The van der Waals surface area contributed by atoms with Crippen LogP contribution in [0.3, 0.4) is 0 Å². The van der Waals surface area contributed by atoms with Crippen molar-refractivity contribution in [2.75, 3.05) is 6.61 Å². The summed E-state index contributed by atoms with van der Waals surface area (Å²) in [6, 6.07) is -0.799. The van der Waals surface area contributed by atoms with Crippen molar-refractivity contribution in [3.05, 3.63) is 24.3 Å². The van der Waals surface area contributed by atoms with Crippen molar-refractivity contribution in [3.8, 4) is 0 Å². The topological polar surface area (TPSA) is 89.8 Å². The second-order valence-electron chi connectivity index (χ2n) is 19.1. The zero-order valence-electron chi connectivity index (χ0n) is 41.3. The molecule has 61 heavy (non-hydrogen) atoms. The van der Waals surface area contributed by atoms with Gasteiger partial charge in [-0.05, 0) is 44.9 Å². The predicted octanol–water partition coefficient (Wildman–Crippen LogP) is 16.9. The highest BCUT2D eigenvalue weighted by Crippen LogP contribution is 2.17. The van der Waals surface area contributed by atoms with Gasteiger partial charge in [-0.2, -0.15) is 0 Å². The first-order chi connectivity index (χ1) is 30.1. The average Bonchev–Trinajstić information content (AvgIpc) is 3.26. The van der Waals surface area contributed by atoms with E-state index in [1.165, 1.54) is 250 Å². The molecule has 0 saturated carbocycles. The molecule has 0 radical (unpaired) electrons. The van der Waals surface area contributed by atoms with Gasteiger partial charge in [-0.1, -0.05) is 282 Å². The number of hydrogen-bond acceptors (Lipinski definition) is 4. The molecular formula is C56H109NO4. The first-order valence-corrected chi connectivity index (χ1v) is 27.7. The van der Waals surface area contributed by atoms with E-state index in [2.05, 4.69) is 31.3 Å². The second-order valence-corrected chi connectivity index (χ2v) is 19.1. The minimum absolute atomic E-state index is 0.363. The van der Waals surface area contributed by atoms with Crippen LogP contribution in [0.5, 0.6) is 0 Å². The summed E-state index contributed by atoms with van der Waals surface area (Å²) in [5.74, 6) is -0.502. The second kappa shape index (κ2) is 51.5. The molecule has 5 nitrogen and oxygen atoms in total. The number of allylic oxidation sites excluding steroid dienone is 3. The minimum Gasteiger partial charge on any atom is -0.394 e. The van der Waals surface area contributed by atoms with Gasteiger partial charge in [0.1, 0.15) is 6.10 Å². The van der Waals surface area contributed by atoms with Crippen LogP contribution in [0.1, 0.15) is 303 Å². The summed E-state index contributed by atoms with van der Waals surface area (Å²) in [6.07, 6.45) is 65.3. The molecule has 0 aliphatic carbocycles. The molecule has 3 unspecified atom stereocenters. The van der Waals surface area contributed by atoms with Gasteiger partial charge >= 0.3 is 0 Å². The summed E-state index contributed by atoms with van der Waals surface area (Å²) in [5.41, 5.74) is 0. The molecule has 0 heterocycles. The number of hydrogen-bond donors (Lipinski definition) is 4. The van der Waals surface area contributed by atoms with Crippen molar-refractivity contribution in [2.45, 2.75) is 321 Å². The van der Waals surface area contributed by atoms with E-state index < -0.39 is 24.2 Å². The van der Waals surface area contributed by atoms with Crippen LogP contribution in [-0.4, -0.2) is 46.1 Å². The fraction of sp³-hybridized carbons (Fsp3) is 0.911. The van der Waals surface area contributed by atoms with E-state index in [0.717, 1.165) is 32.1 Å². The van der Waals surface area contributed by atoms with Gasteiger partial charge in [0.15, 0.2) is 0 Å². The van der Waals surface area contributed by atoms with Gasteiger partial charge in [0, 0.05) is 0 Å². The number of carbonyl (C=O) groups excluding carboxylic acids is 1. The van der Waals surface area contributed by atoms with E-state index in [1.54, 1.807) is 6.08 Å². The lowest BCUT2D eigenvalue weighted by atomic mass is 10.0. The summed E-state index contributed by atoms with van der Waals surface area (Å²) in [4.78, 5) is 12.5. The van der Waals surface area contributed by atoms with E-state index in [9.17, 15) is 20.1 Å². The molecule has 0 aliphatic heterocycles. The maximum Gasteiger partial charge on any atom is 0.249 e. The Hall–Kier alpha value is -1.17. The van der Waals surface area contributed by atoms with Crippen molar-refractivity contribution < 1.29 is 20.1 Å². The molecule has 0 saturated heterocycles. The average molecular weight is 860 g/mol. The van der Waals surface area contributed by atoms with Crippen molar-refractivity contribution in [3.63, 3.8) is 0 Å². The Morgan fingerprint density at radius 3 is 0.951 bits per heavy atom. The smallest absolute Gasteiger partial charge is 0.249 e. The largest absolute Gasteiger partial charge is 0.394 e. The maximum atomic E-state index is 12.5. The van der Waals surface area contributed by atoms with Crippen LogP contribution in [0.15, 0.2) is 24.3 Å². The van der Waals surface area contributed by atoms with Crippen LogP contribution in [-0.2, 0) is 4.79 Å². The molecular weight excluding hydrogens is 751 g/mol.